The molecule has 0 bridgehead atoms. The standard InChI is InChI=1S/C12H7Cl2FN2O/c13-9-3-1-2-4-10(9)17-12(18)8-5-7(15)6-16-11(8)14/h1-6H,(H,17,18). The van der Waals surface area contributed by atoms with Crippen molar-refractivity contribution in [2.45, 2.75) is 0 Å². The summed E-state index contributed by atoms with van der Waals surface area (Å²) in [5.41, 5.74) is 0.376. The van der Waals surface area contributed by atoms with Gasteiger partial charge in [0.25, 0.3) is 5.91 Å². The Morgan fingerprint density at radius 3 is 2.72 bits per heavy atom. The van der Waals surface area contributed by atoms with Crippen molar-refractivity contribution in [2.24, 2.45) is 0 Å². The lowest BCUT2D eigenvalue weighted by atomic mass is 10.2. The van der Waals surface area contributed by atoms with Crippen LogP contribution in [0.4, 0.5) is 10.1 Å². The van der Waals surface area contributed by atoms with Crippen LogP contribution in [0.15, 0.2) is 36.5 Å². The highest BCUT2D eigenvalue weighted by Crippen LogP contribution is 2.22. The Morgan fingerprint density at radius 1 is 1.28 bits per heavy atom. The number of rotatable bonds is 2. The van der Waals surface area contributed by atoms with E-state index in [1.54, 1.807) is 24.3 Å². The highest BCUT2D eigenvalue weighted by atomic mass is 35.5. The monoisotopic (exact) mass is 284 g/mol. The van der Waals surface area contributed by atoms with Crippen molar-refractivity contribution in [1.82, 2.24) is 4.98 Å². The molecule has 92 valence electrons. The summed E-state index contributed by atoms with van der Waals surface area (Å²) < 4.78 is 13.0. The van der Waals surface area contributed by atoms with Crippen molar-refractivity contribution in [1.29, 1.82) is 0 Å². The number of benzene rings is 1. The van der Waals surface area contributed by atoms with Gasteiger partial charge in [0.05, 0.1) is 22.5 Å². The second-order valence-electron chi connectivity index (χ2n) is 3.43. The van der Waals surface area contributed by atoms with Gasteiger partial charge in [-0.1, -0.05) is 35.3 Å². The molecular formula is C12H7Cl2FN2O. The summed E-state index contributed by atoms with van der Waals surface area (Å²) in [5, 5.41) is 2.84. The Labute approximate surface area is 113 Å². The van der Waals surface area contributed by atoms with Gasteiger partial charge < -0.3 is 5.32 Å². The Bertz CT molecular complexity index is 604. The van der Waals surface area contributed by atoms with Gasteiger partial charge in [-0.2, -0.15) is 0 Å². The van der Waals surface area contributed by atoms with E-state index >= 15 is 0 Å². The molecule has 2 aromatic rings. The Balaban J connectivity index is 2.28. The van der Waals surface area contributed by atoms with E-state index in [-0.39, 0.29) is 10.7 Å². The third-order valence-electron chi connectivity index (χ3n) is 2.17. The smallest absolute Gasteiger partial charge is 0.258 e. The molecule has 1 amide bonds. The molecule has 1 aromatic heterocycles. The lowest BCUT2D eigenvalue weighted by Crippen LogP contribution is -2.13. The lowest BCUT2D eigenvalue weighted by Gasteiger charge is -2.07. The highest BCUT2D eigenvalue weighted by molar-refractivity contribution is 6.35. The van der Waals surface area contributed by atoms with Crippen molar-refractivity contribution in [3.63, 3.8) is 0 Å². The molecule has 0 unspecified atom stereocenters. The summed E-state index contributed by atoms with van der Waals surface area (Å²) in [6.45, 7) is 0. The summed E-state index contributed by atoms with van der Waals surface area (Å²) in [5.74, 6) is -1.20. The average molecular weight is 285 g/mol. The summed E-state index contributed by atoms with van der Waals surface area (Å²) in [6, 6.07) is 7.71. The molecule has 18 heavy (non-hydrogen) atoms. The molecule has 0 fully saturated rings. The van der Waals surface area contributed by atoms with E-state index < -0.39 is 11.7 Å². The zero-order chi connectivity index (χ0) is 13.1. The molecule has 0 aliphatic heterocycles. The summed E-state index contributed by atoms with van der Waals surface area (Å²) in [6.07, 6.45) is 0.939. The van der Waals surface area contributed by atoms with Crippen LogP contribution in [0.2, 0.25) is 10.2 Å². The number of aromatic nitrogens is 1. The number of nitrogens with zero attached hydrogens (tertiary/aromatic N) is 1. The third kappa shape index (κ3) is 2.78. The van der Waals surface area contributed by atoms with E-state index in [2.05, 4.69) is 10.3 Å². The number of carbonyl (C=O) groups is 1. The minimum Gasteiger partial charge on any atom is -0.321 e. The maximum absolute atomic E-state index is 13.0. The zero-order valence-corrected chi connectivity index (χ0v) is 10.5. The maximum atomic E-state index is 13.0. The first-order chi connectivity index (χ1) is 8.58. The van der Waals surface area contributed by atoms with E-state index in [0.29, 0.717) is 10.7 Å². The largest absolute Gasteiger partial charge is 0.321 e. The lowest BCUT2D eigenvalue weighted by molar-refractivity contribution is 0.102. The predicted octanol–water partition coefficient (Wildman–Crippen LogP) is 3.78. The number of nitrogens with one attached hydrogen (secondary N) is 1. The summed E-state index contributed by atoms with van der Waals surface area (Å²) in [7, 11) is 0. The SMILES string of the molecule is O=C(Nc1ccccc1Cl)c1cc(F)cnc1Cl. The van der Waals surface area contributed by atoms with E-state index in [1.165, 1.54) is 0 Å². The Kier molecular flexibility index (Phi) is 3.79. The van der Waals surface area contributed by atoms with Gasteiger partial charge in [0, 0.05) is 0 Å². The molecule has 1 heterocycles. The molecule has 0 atom stereocenters. The van der Waals surface area contributed by atoms with E-state index in [1.807, 2.05) is 0 Å². The van der Waals surface area contributed by atoms with Crippen molar-refractivity contribution in [3.05, 3.63) is 58.1 Å². The Hall–Kier alpha value is -1.65. The van der Waals surface area contributed by atoms with Gasteiger partial charge >= 0.3 is 0 Å². The van der Waals surface area contributed by atoms with Crippen molar-refractivity contribution in [3.8, 4) is 0 Å². The molecule has 6 heteroatoms. The number of pyridine rings is 1. The van der Waals surface area contributed by atoms with Crippen LogP contribution in [-0.2, 0) is 0 Å². The van der Waals surface area contributed by atoms with Crippen LogP contribution in [0.5, 0.6) is 0 Å². The second kappa shape index (κ2) is 5.33. The van der Waals surface area contributed by atoms with E-state index in [4.69, 9.17) is 23.2 Å². The molecule has 0 spiro atoms. The van der Waals surface area contributed by atoms with Gasteiger partial charge in [-0.15, -0.1) is 0 Å². The molecular weight excluding hydrogens is 278 g/mol. The number of para-hydroxylation sites is 1. The van der Waals surface area contributed by atoms with E-state index in [9.17, 15) is 9.18 Å². The topological polar surface area (TPSA) is 42.0 Å². The number of carbonyl (C=O) groups excluding carboxylic acids is 1. The minimum atomic E-state index is -0.635. The minimum absolute atomic E-state index is 0.0448. The van der Waals surface area contributed by atoms with Gasteiger partial charge in [0.2, 0.25) is 0 Å². The van der Waals surface area contributed by atoms with Crippen LogP contribution in [0.3, 0.4) is 0 Å². The first-order valence-electron chi connectivity index (χ1n) is 4.95. The first kappa shape index (κ1) is 12.8. The molecule has 1 N–H and O–H groups in total. The third-order valence-corrected chi connectivity index (χ3v) is 2.80. The maximum Gasteiger partial charge on any atom is 0.258 e. The zero-order valence-electron chi connectivity index (χ0n) is 8.95. The quantitative estimate of drug-likeness (QED) is 0.853. The normalized spacial score (nSPS) is 10.2. The van der Waals surface area contributed by atoms with Gasteiger partial charge in [0.1, 0.15) is 11.0 Å². The Morgan fingerprint density at radius 2 is 2.00 bits per heavy atom. The van der Waals surface area contributed by atoms with Crippen LogP contribution in [0.25, 0.3) is 0 Å². The molecule has 2 rings (SSSR count). The predicted molar refractivity (Wildman–Crippen MR) is 68.6 cm³/mol. The number of hydrogen-bond acceptors (Lipinski definition) is 2. The molecule has 1 aromatic carbocycles. The average Bonchev–Trinajstić information content (AvgIpc) is 2.35. The molecule has 0 aliphatic carbocycles. The van der Waals surface area contributed by atoms with Gasteiger partial charge in [-0.3, -0.25) is 4.79 Å². The molecule has 0 saturated heterocycles. The number of halogens is 3. The summed E-state index contributed by atoms with van der Waals surface area (Å²) >= 11 is 11.6. The fraction of sp³-hybridized carbons (Fsp3) is 0. The van der Waals surface area contributed by atoms with E-state index in [0.717, 1.165) is 12.3 Å². The van der Waals surface area contributed by atoms with Crippen LogP contribution in [0, 0.1) is 5.82 Å². The fourth-order valence-corrected chi connectivity index (χ4v) is 1.71. The van der Waals surface area contributed by atoms with Gasteiger partial charge in [-0.25, -0.2) is 9.37 Å². The summed E-state index contributed by atoms with van der Waals surface area (Å²) in [4.78, 5) is 15.4. The van der Waals surface area contributed by atoms with Gasteiger partial charge in [-0.05, 0) is 18.2 Å². The number of anilines is 1. The van der Waals surface area contributed by atoms with Crippen molar-refractivity contribution >= 4 is 34.8 Å². The number of hydrogen-bond donors (Lipinski definition) is 1. The van der Waals surface area contributed by atoms with Crippen molar-refractivity contribution in [2.75, 3.05) is 5.32 Å². The first-order valence-corrected chi connectivity index (χ1v) is 5.70. The molecule has 3 nitrogen and oxygen atoms in total. The second-order valence-corrected chi connectivity index (χ2v) is 4.19. The molecule has 0 radical (unpaired) electrons. The van der Waals surface area contributed by atoms with Crippen LogP contribution in [0.1, 0.15) is 10.4 Å². The van der Waals surface area contributed by atoms with Gasteiger partial charge in [0.15, 0.2) is 0 Å². The van der Waals surface area contributed by atoms with Crippen molar-refractivity contribution < 1.29 is 9.18 Å². The molecule has 0 saturated carbocycles. The fourth-order valence-electron chi connectivity index (χ4n) is 1.33. The van der Waals surface area contributed by atoms with Crippen LogP contribution in [-0.4, -0.2) is 10.9 Å². The van der Waals surface area contributed by atoms with Crippen LogP contribution >= 0.6 is 23.2 Å². The van der Waals surface area contributed by atoms with Crippen LogP contribution < -0.4 is 5.32 Å². The molecule has 0 aliphatic rings. The number of amides is 1. The highest BCUT2D eigenvalue weighted by Gasteiger charge is 2.13.